The first-order valence-electron chi connectivity index (χ1n) is 6.19. The van der Waals surface area contributed by atoms with Gasteiger partial charge in [-0.15, -0.1) is 0 Å². The van der Waals surface area contributed by atoms with Crippen LogP contribution in [-0.4, -0.2) is 26.3 Å². The topological polar surface area (TPSA) is 58.2 Å². The minimum absolute atomic E-state index is 0.207. The number of hydrogen-bond acceptors (Lipinski definition) is 3. The van der Waals surface area contributed by atoms with Gasteiger partial charge in [0, 0.05) is 17.1 Å². The minimum atomic E-state index is -3.85. The Bertz CT molecular complexity index is 582. The van der Waals surface area contributed by atoms with Gasteiger partial charge < -0.3 is 5.32 Å². The number of anilines is 1. The van der Waals surface area contributed by atoms with Gasteiger partial charge in [0.05, 0.1) is 5.25 Å². The summed E-state index contributed by atoms with van der Waals surface area (Å²) in [6.07, 6.45) is 2.08. The van der Waals surface area contributed by atoms with Crippen molar-refractivity contribution in [1.82, 2.24) is 5.32 Å². The van der Waals surface area contributed by atoms with Gasteiger partial charge in [-0.2, -0.15) is 0 Å². The summed E-state index contributed by atoms with van der Waals surface area (Å²) in [6, 6.07) is 2.39. The van der Waals surface area contributed by atoms with E-state index in [2.05, 4.69) is 21.2 Å². The Kier molecular flexibility index (Phi) is 4.66. The second-order valence-corrected chi connectivity index (χ2v) is 7.90. The molecule has 112 valence electrons. The number of hydrogen-bond donors (Lipinski definition) is 2. The van der Waals surface area contributed by atoms with E-state index in [1.54, 1.807) is 0 Å². The van der Waals surface area contributed by atoms with Gasteiger partial charge in [0.1, 0.15) is 5.69 Å². The highest BCUT2D eigenvalue weighted by atomic mass is 79.9. The van der Waals surface area contributed by atoms with Crippen molar-refractivity contribution in [2.75, 3.05) is 11.3 Å². The Morgan fingerprint density at radius 1 is 1.35 bits per heavy atom. The maximum atomic E-state index is 13.6. The summed E-state index contributed by atoms with van der Waals surface area (Å²) in [5.41, 5.74) is -0.647. The van der Waals surface area contributed by atoms with Gasteiger partial charge in [-0.05, 0) is 31.9 Å². The number of sulfonamides is 1. The van der Waals surface area contributed by atoms with E-state index >= 15 is 0 Å². The highest BCUT2D eigenvalue weighted by Gasteiger charge is 2.27. The van der Waals surface area contributed by atoms with Crippen LogP contribution in [0.5, 0.6) is 0 Å². The van der Waals surface area contributed by atoms with Gasteiger partial charge in [-0.3, -0.25) is 4.72 Å². The molecule has 0 aliphatic heterocycles. The lowest BCUT2D eigenvalue weighted by molar-refractivity contribution is 0.568. The van der Waals surface area contributed by atoms with E-state index in [0.29, 0.717) is 6.04 Å². The molecule has 0 saturated heterocycles. The molecule has 1 unspecified atom stereocenters. The Morgan fingerprint density at radius 3 is 2.40 bits per heavy atom. The van der Waals surface area contributed by atoms with Crippen molar-refractivity contribution in [3.63, 3.8) is 0 Å². The summed E-state index contributed by atoms with van der Waals surface area (Å²) in [5, 5.41) is 2.29. The van der Waals surface area contributed by atoms with Crippen molar-refractivity contribution in [1.29, 1.82) is 0 Å². The third-order valence-corrected chi connectivity index (χ3v) is 5.22. The quantitative estimate of drug-likeness (QED) is 0.811. The van der Waals surface area contributed by atoms with E-state index < -0.39 is 32.6 Å². The van der Waals surface area contributed by atoms with Crippen molar-refractivity contribution >= 4 is 31.6 Å². The molecule has 4 nitrogen and oxygen atoms in total. The van der Waals surface area contributed by atoms with Crippen molar-refractivity contribution < 1.29 is 17.2 Å². The van der Waals surface area contributed by atoms with Crippen LogP contribution in [0.2, 0.25) is 0 Å². The Morgan fingerprint density at radius 2 is 1.90 bits per heavy atom. The Labute approximate surface area is 125 Å². The number of halogens is 3. The molecular weight excluding hydrogens is 354 g/mol. The summed E-state index contributed by atoms with van der Waals surface area (Å²) in [7, 11) is -3.85. The maximum Gasteiger partial charge on any atom is 0.236 e. The maximum absolute atomic E-state index is 13.6. The number of nitrogens with one attached hydrogen (secondary N) is 2. The Hall–Kier alpha value is -0.730. The summed E-state index contributed by atoms with van der Waals surface area (Å²) >= 11 is 2.94. The van der Waals surface area contributed by atoms with Crippen LogP contribution in [0.15, 0.2) is 16.6 Å². The van der Waals surface area contributed by atoms with Gasteiger partial charge in [0.2, 0.25) is 10.0 Å². The lowest BCUT2D eigenvalue weighted by Crippen LogP contribution is -2.36. The van der Waals surface area contributed by atoms with Crippen LogP contribution in [0, 0.1) is 11.6 Å². The molecule has 1 fully saturated rings. The molecule has 0 amide bonds. The molecule has 1 aliphatic carbocycles. The molecular formula is C12H15BrF2N2O2S. The lowest BCUT2D eigenvalue weighted by atomic mass is 10.3. The Balaban J connectivity index is 2.10. The minimum Gasteiger partial charge on any atom is -0.313 e. The fourth-order valence-corrected chi connectivity index (χ4v) is 3.01. The standard InChI is InChI=1S/C12H15BrF2N2O2S/c1-7(6-16-9-2-3-9)20(18,19)17-12-10(14)4-8(13)5-11(12)15/h4-5,7,9,16-17H,2-3,6H2,1H3. The molecule has 1 saturated carbocycles. The van der Waals surface area contributed by atoms with E-state index in [9.17, 15) is 17.2 Å². The van der Waals surface area contributed by atoms with Crippen molar-refractivity contribution in [2.24, 2.45) is 0 Å². The first-order chi connectivity index (χ1) is 9.29. The monoisotopic (exact) mass is 368 g/mol. The molecule has 1 aliphatic rings. The van der Waals surface area contributed by atoms with Gasteiger partial charge in [0.25, 0.3) is 0 Å². The van der Waals surface area contributed by atoms with E-state index in [-0.39, 0.29) is 11.0 Å². The first kappa shape index (κ1) is 15.7. The third kappa shape index (κ3) is 3.89. The van der Waals surface area contributed by atoms with E-state index in [4.69, 9.17) is 0 Å². The predicted molar refractivity (Wildman–Crippen MR) is 77.1 cm³/mol. The second-order valence-electron chi connectivity index (χ2n) is 4.88. The molecule has 2 rings (SSSR count). The fourth-order valence-electron chi connectivity index (χ4n) is 1.61. The van der Waals surface area contributed by atoms with Gasteiger partial charge in [0.15, 0.2) is 11.6 Å². The molecule has 1 aromatic carbocycles. The predicted octanol–water partition coefficient (Wildman–Crippen LogP) is 2.61. The van der Waals surface area contributed by atoms with Crippen LogP contribution in [-0.2, 0) is 10.0 Å². The smallest absolute Gasteiger partial charge is 0.236 e. The zero-order valence-corrected chi connectivity index (χ0v) is 13.2. The zero-order valence-electron chi connectivity index (χ0n) is 10.8. The van der Waals surface area contributed by atoms with E-state index in [1.807, 2.05) is 4.72 Å². The molecule has 20 heavy (non-hydrogen) atoms. The van der Waals surface area contributed by atoms with E-state index in [0.717, 1.165) is 25.0 Å². The average Bonchev–Trinajstić information content (AvgIpc) is 3.14. The van der Waals surface area contributed by atoms with Crippen molar-refractivity contribution in [3.8, 4) is 0 Å². The van der Waals surface area contributed by atoms with Gasteiger partial charge in [-0.25, -0.2) is 17.2 Å². The summed E-state index contributed by atoms with van der Waals surface area (Å²) in [5.74, 6) is -1.91. The molecule has 1 atom stereocenters. The van der Waals surface area contributed by atoms with Crippen molar-refractivity contribution in [2.45, 2.75) is 31.1 Å². The van der Waals surface area contributed by atoms with Gasteiger partial charge >= 0.3 is 0 Å². The number of benzene rings is 1. The molecule has 0 aromatic heterocycles. The largest absolute Gasteiger partial charge is 0.313 e. The summed E-state index contributed by atoms with van der Waals surface area (Å²) in [4.78, 5) is 0. The molecule has 8 heteroatoms. The molecule has 0 bridgehead atoms. The fraction of sp³-hybridized carbons (Fsp3) is 0.500. The average molecular weight is 369 g/mol. The molecule has 2 N–H and O–H groups in total. The van der Waals surface area contributed by atoms with Crippen LogP contribution in [0.25, 0.3) is 0 Å². The number of rotatable bonds is 6. The van der Waals surface area contributed by atoms with Crippen LogP contribution < -0.4 is 10.0 Å². The SMILES string of the molecule is CC(CNC1CC1)S(=O)(=O)Nc1c(F)cc(Br)cc1F. The van der Waals surface area contributed by atoms with E-state index in [1.165, 1.54) is 6.92 Å². The highest BCUT2D eigenvalue weighted by molar-refractivity contribution is 9.10. The summed E-state index contributed by atoms with van der Waals surface area (Å²) < 4.78 is 53.5. The molecule has 1 aromatic rings. The second kappa shape index (κ2) is 5.95. The molecule has 0 heterocycles. The molecule has 0 spiro atoms. The normalized spacial score (nSPS) is 17.0. The summed E-state index contributed by atoms with van der Waals surface area (Å²) in [6.45, 7) is 1.74. The highest BCUT2D eigenvalue weighted by Crippen LogP contribution is 2.25. The zero-order chi connectivity index (χ0) is 14.9. The van der Waals surface area contributed by atoms with Crippen LogP contribution in [0.1, 0.15) is 19.8 Å². The van der Waals surface area contributed by atoms with Crippen LogP contribution in [0.3, 0.4) is 0 Å². The first-order valence-corrected chi connectivity index (χ1v) is 8.53. The van der Waals surface area contributed by atoms with Crippen molar-refractivity contribution in [3.05, 3.63) is 28.2 Å². The van der Waals surface area contributed by atoms with Crippen LogP contribution >= 0.6 is 15.9 Å². The van der Waals surface area contributed by atoms with Gasteiger partial charge in [-0.1, -0.05) is 15.9 Å². The third-order valence-electron chi connectivity index (χ3n) is 3.05. The molecule has 0 radical (unpaired) electrons. The van der Waals surface area contributed by atoms with Crippen LogP contribution in [0.4, 0.5) is 14.5 Å². The lowest BCUT2D eigenvalue weighted by Gasteiger charge is -2.16.